The number of hydrogen-bond acceptors (Lipinski definition) is 3. The van der Waals surface area contributed by atoms with Gasteiger partial charge >= 0.3 is 18.1 Å². The van der Waals surface area contributed by atoms with Crippen LogP contribution in [0.2, 0.25) is 10.0 Å². The summed E-state index contributed by atoms with van der Waals surface area (Å²) in [5.41, 5.74) is 1.28. The van der Waals surface area contributed by atoms with Crippen LogP contribution in [-0.2, 0) is 6.61 Å². The van der Waals surface area contributed by atoms with Crippen LogP contribution in [0.4, 0.5) is 30.7 Å². The largest absolute Gasteiger partial charge is 0.488 e. The lowest BCUT2D eigenvalue weighted by molar-refractivity contribution is -0.361. The molecule has 30 heavy (non-hydrogen) atoms. The average molecular weight is 542 g/mol. The molecular weight excluding hydrogens is 532 g/mol. The summed E-state index contributed by atoms with van der Waals surface area (Å²) in [5.74, 6) is -5.99. The normalized spacial score (nSPS) is 13.0. The molecule has 0 saturated carbocycles. The number of hydrazone groups is 1. The molecule has 0 atom stereocenters. The molecule has 0 aliphatic rings. The van der Waals surface area contributed by atoms with Crippen molar-refractivity contribution in [3.63, 3.8) is 0 Å². The van der Waals surface area contributed by atoms with E-state index < -0.39 is 18.1 Å². The Labute approximate surface area is 183 Å². The topological polar surface area (TPSA) is 33.6 Å². The second-order valence-corrected chi connectivity index (χ2v) is 7.43. The number of halogens is 10. The first kappa shape index (κ1) is 24.5. The molecule has 3 nitrogen and oxygen atoms in total. The Morgan fingerprint density at radius 3 is 2.23 bits per heavy atom. The highest BCUT2D eigenvalue weighted by Gasteiger charge is 2.73. The monoisotopic (exact) mass is 540 g/mol. The maximum atomic E-state index is 13.1. The fourth-order valence-corrected chi connectivity index (χ4v) is 2.92. The Kier molecular flexibility index (Phi) is 7.52. The van der Waals surface area contributed by atoms with Gasteiger partial charge < -0.3 is 4.74 Å². The number of ether oxygens (including phenoxy) is 1. The molecule has 0 heterocycles. The molecule has 0 aromatic heterocycles. The minimum atomic E-state index is -6.45. The SMILES string of the molecule is FC(F)(F)C(F)(F)C(F)(F)N/N=C/c1ccc(OCc2ccc(Cl)cc2Cl)c(Br)c1. The third-order valence-electron chi connectivity index (χ3n) is 3.52. The quantitative estimate of drug-likeness (QED) is 0.176. The first-order valence-electron chi connectivity index (χ1n) is 7.73. The van der Waals surface area contributed by atoms with Gasteiger partial charge in [-0.05, 0) is 51.8 Å². The van der Waals surface area contributed by atoms with Gasteiger partial charge in [0.05, 0.1) is 10.7 Å². The minimum absolute atomic E-state index is 0.0718. The lowest BCUT2D eigenvalue weighted by Crippen LogP contribution is -2.58. The zero-order chi connectivity index (χ0) is 22.7. The fourth-order valence-electron chi connectivity index (χ4n) is 1.94. The maximum Gasteiger partial charge on any atom is 0.462 e. The van der Waals surface area contributed by atoms with Crippen LogP contribution in [0.15, 0.2) is 46.0 Å². The van der Waals surface area contributed by atoms with Gasteiger partial charge in [0.1, 0.15) is 12.4 Å². The first-order chi connectivity index (χ1) is 13.7. The molecule has 2 aromatic carbocycles. The third-order valence-corrected chi connectivity index (χ3v) is 4.73. The lowest BCUT2D eigenvalue weighted by atomic mass is 10.2. The van der Waals surface area contributed by atoms with Gasteiger partial charge in [-0.15, -0.1) is 0 Å². The Morgan fingerprint density at radius 2 is 1.67 bits per heavy atom. The van der Waals surface area contributed by atoms with Gasteiger partial charge in [0.2, 0.25) is 0 Å². The molecule has 2 aromatic rings. The molecule has 13 heteroatoms. The van der Waals surface area contributed by atoms with Gasteiger partial charge in [-0.2, -0.15) is 35.8 Å². The van der Waals surface area contributed by atoms with E-state index in [0.29, 0.717) is 37.5 Å². The van der Waals surface area contributed by atoms with Crippen molar-refractivity contribution in [2.24, 2.45) is 5.10 Å². The molecule has 0 aliphatic heterocycles. The van der Waals surface area contributed by atoms with E-state index in [-0.39, 0.29) is 12.2 Å². The number of alkyl halides is 7. The summed E-state index contributed by atoms with van der Waals surface area (Å²) in [5, 5.41) is 3.61. The van der Waals surface area contributed by atoms with Crippen LogP contribution in [-0.4, -0.2) is 24.4 Å². The molecule has 2 rings (SSSR count). The van der Waals surface area contributed by atoms with Crippen molar-refractivity contribution in [2.45, 2.75) is 24.8 Å². The van der Waals surface area contributed by atoms with Crippen molar-refractivity contribution in [2.75, 3.05) is 0 Å². The van der Waals surface area contributed by atoms with Crippen molar-refractivity contribution in [3.8, 4) is 5.75 Å². The Bertz CT molecular complexity index is 939. The molecule has 0 aliphatic carbocycles. The second-order valence-electron chi connectivity index (χ2n) is 5.73. The average Bonchev–Trinajstić information content (AvgIpc) is 2.61. The van der Waals surface area contributed by atoms with Crippen molar-refractivity contribution < 1.29 is 35.5 Å². The van der Waals surface area contributed by atoms with Crippen LogP contribution in [0.5, 0.6) is 5.75 Å². The smallest absolute Gasteiger partial charge is 0.462 e. The van der Waals surface area contributed by atoms with E-state index >= 15 is 0 Å². The Hall–Kier alpha value is -1.72. The van der Waals surface area contributed by atoms with Crippen LogP contribution in [0.3, 0.4) is 0 Å². The molecule has 0 fully saturated rings. The van der Waals surface area contributed by atoms with Gasteiger partial charge in [-0.25, -0.2) is 5.43 Å². The molecule has 0 bridgehead atoms. The Morgan fingerprint density at radius 1 is 1.00 bits per heavy atom. The van der Waals surface area contributed by atoms with Crippen LogP contribution >= 0.6 is 39.1 Å². The van der Waals surface area contributed by atoms with Crippen LogP contribution in [0, 0.1) is 0 Å². The highest BCUT2D eigenvalue weighted by atomic mass is 79.9. The fraction of sp³-hybridized carbons (Fsp3) is 0.235. The Balaban J connectivity index is 2.04. The predicted octanol–water partition coefficient (Wildman–Crippen LogP) is 7.05. The molecule has 0 radical (unpaired) electrons. The molecule has 164 valence electrons. The predicted molar refractivity (Wildman–Crippen MR) is 102 cm³/mol. The number of nitrogens with zero attached hydrogens (tertiary/aromatic N) is 1. The number of nitrogens with one attached hydrogen (secondary N) is 1. The summed E-state index contributed by atoms with van der Waals surface area (Å²) in [6.07, 6.45) is -5.81. The summed E-state index contributed by atoms with van der Waals surface area (Å²) in [4.78, 5) is 0. The zero-order valence-electron chi connectivity index (χ0n) is 14.4. The lowest BCUT2D eigenvalue weighted by Gasteiger charge is -2.27. The number of rotatable bonds is 7. The number of benzene rings is 2. The number of hydrogen-bond donors (Lipinski definition) is 1. The van der Waals surface area contributed by atoms with Gasteiger partial charge in [0.25, 0.3) is 0 Å². The van der Waals surface area contributed by atoms with E-state index in [2.05, 4.69) is 21.0 Å². The van der Waals surface area contributed by atoms with E-state index in [1.807, 2.05) is 0 Å². The maximum absolute atomic E-state index is 13.1. The molecule has 0 spiro atoms. The van der Waals surface area contributed by atoms with Gasteiger partial charge in [0, 0.05) is 15.6 Å². The van der Waals surface area contributed by atoms with E-state index in [1.165, 1.54) is 24.3 Å². The van der Waals surface area contributed by atoms with Crippen molar-refractivity contribution in [1.29, 1.82) is 0 Å². The van der Waals surface area contributed by atoms with Gasteiger partial charge in [-0.3, -0.25) is 0 Å². The molecule has 1 N–H and O–H groups in total. The molecule has 0 saturated heterocycles. The van der Waals surface area contributed by atoms with Gasteiger partial charge in [-0.1, -0.05) is 29.3 Å². The third kappa shape index (κ3) is 5.70. The highest BCUT2D eigenvalue weighted by molar-refractivity contribution is 9.10. The van der Waals surface area contributed by atoms with Crippen molar-refractivity contribution in [3.05, 3.63) is 62.0 Å². The van der Waals surface area contributed by atoms with E-state index in [4.69, 9.17) is 27.9 Å². The first-order valence-corrected chi connectivity index (χ1v) is 9.28. The standard InChI is InChI=1S/C17H10BrCl2F7N2O/c18-12-5-9(7-28-29-17(26,27)15(21,22)16(23,24)25)1-4-14(12)30-8-10-2-3-11(19)6-13(10)20/h1-7,29H,8H2/b28-7+. The van der Waals surface area contributed by atoms with Crippen molar-refractivity contribution >= 4 is 45.3 Å². The highest BCUT2D eigenvalue weighted by Crippen LogP contribution is 2.45. The molecule has 0 unspecified atom stereocenters. The van der Waals surface area contributed by atoms with E-state index in [9.17, 15) is 30.7 Å². The van der Waals surface area contributed by atoms with E-state index in [0.717, 1.165) is 0 Å². The summed E-state index contributed by atoms with van der Waals surface area (Å²) >= 11 is 15.0. The zero-order valence-corrected chi connectivity index (χ0v) is 17.5. The summed E-state index contributed by atoms with van der Waals surface area (Å²) in [6, 6.07) is 3.20. The minimum Gasteiger partial charge on any atom is -0.488 e. The summed E-state index contributed by atoms with van der Waals surface area (Å²) in [7, 11) is 0. The van der Waals surface area contributed by atoms with E-state index in [1.54, 1.807) is 12.1 Å². The molecular formula is C17H10BrCl2F7N2O. The van der Waals surface area contributed by atoms with Gasteiger partial charge in [0.15, 0.2) is 0 Å². The van der Waals surface area contributed by atoms with Crippen LogP contribution in [0.25, 0.3) is 0 Å². The van der Waals surface area contributed by atoms with Crippen molar-refractivity contribution in [1.82, 2.24) is 5.43 Å². The van der Waals surface area contributed by atoms with Crippen LogP contribution < -0.4 is 10.2 Å². The summed E-state index contributed by atoms with van der Waals surface area (Å²) < 4.78 is 93.9. The van der Waals surface area contributed by atoms with Crippen LogP contribution in [0.1, 0.15) is 11.1 Å². The molecule has 0 amide bonds. The summed E-state index contributed by atoms with van der Waals surface area (Å²) in [6.45, 7) is 0.0718. The second kappa shape index (κ2) is 9.19.